The van der Waals surface area contributed by atoms with Gasteiger partial charge in [-0.25, -0.2) is 0 Å². The molecule has 0 aliphatic carbocycles. The van der Waals surface area contributed by atoms with E-state index in [-0.39, 0.29) is 5.91 Å². The third-order valence-electron chi connectivity index (χ3n) is 3.12. The molecule has 1 aliphatic heterocycles. The number of halogens is 1. The standard InChI is InChI=1S/C14H18ClNO/c1-10(2)7-14(17)16-6-5-11-3-4-13(15)8-12(11)9-16/h3-4,8,10H,5-7,9H2,1-2H3. The van der Waals surface area contributed by atoms with Crippen LogP contribution in [0.2, 0.25) is 5.02 Å². The lowest BCUT2D eigenvalue weighted by molar-refractivity contribution is -0.132. The lowest BCUT2D eigenvalue weighted by Gasteiger charge is -2.29. The quantitative estimate of drug-likeness (QED) is 0.790. The Kier molecular flexibility index (Phi) is 3.72. The van der Waals surface area contributed by atoms with Crippen molar-refractivity contribution in [1.82, 2.24) is 4.90 Å². The Morgan fingerprint density at radius 3 is 2.88 bits per heavy atom. The van der Waals surface area contributed by atoms with E-state index < -0.39 is 0 Å². The zero-order chi connectivity index (χ0) is 12.4. The lowest BCUT2D eigenvalue weighted by atomic mass is 9.99. The summed E-state index contributed by atoms with van der Waals surface area (Å²) in [5, 5.41) is 0.752. The van der Waals surface area contributed by atoms with E-state index in [0.717, 1.165) is 18.0 Å². The zero-order valence-electron chi connectivity index (χ0n) is 10.4. The average Bonchev–Trinajstić information content (AvgIpc) is 2.27. The van der Waals surface area contributed by atoms with Gasteiger partial charge in [0, 0.05) is 24.5 Å². The number of rotatable bonds is 2. The summed E-state index contributed by atoms with van der Waals surface area (Å²) in [6, 6.07) is 5.97. The average molecular weight is 252 g/mol. The molecule has 0 aromatic heterocycles. The van der Waals surface area contributed by atoms with Gasteiger partial charge in [-0.05, 0) is 35.6 Å². The highest BCUT2D eigenvalue weighted by Crippen LogP contribution is 2.23. The summed E-state index contributed by atoms with van der Waals surface area (Å²) in [6.07, 6.45) is 1.58. The van der Waals surface area contributed by atoms with Crippen LogP contribution >= 0.6 is 11.6 Å². The highest BCUT2D eigenvalue weighted by molar-refractivity contribution is 6.30. The molecule has 0 atom stereocenters. The van der Waals surface area contributed by atoms with Gasteiger partial charge >= 0.3 is 0 Å². The molecule has 0 bridgehead atoms. The molecule has 1 aromatic carbocycles. The molecule has 2 nitrogen and oxygen atoms in total. The fourth-order valence-corrected chi connectivity index (χ4v) is 2.41. The number of hydrogen-bond donors (Lipinski definition) is 0. The van der Waals surface area contributed by atoms with Gasteiger partial charge in [-0.3, -0.25) is 4.79 Å². The van der Waals surface area contributed by atoms with Crippen molar-refractivity contribution in [2.24, 2.45) is 5.92 Å². The van der Waals surface area contributed by atoms with Gasteiger partial charge in [0.05, 0.1) is 0 Å². The van der Waals surface area contributed by atoms with Crippen LogP contribution < -0.4 is 0 Å². The number of carbonyl (C=O) groups is 1. The van der Waals surface area contributed by atoms with Gasteiger partial charge in [-0.15, -0.1) is 0 Å². The summed E-state index contributed by atoms with van der Waals surface area (Å²) in [5.74, 6) is 0.675. The monoisotopic (exact) mass is 251 g/mol. The third-order valence-corrected chi connectivity index (χ3v) is 3.35. The van der Waals surface area contributed by atoms with E-state index in [0.29, 0.717) is 18.9 Å². The third kappa shape index (κ3) is 3.01. The van der Waals surface area contributed by atoms with Crippen LogP contribution in [0.25, 0.3) is 0 Å². The maximum Gasteiger partial charge on any atom is 0.223 e. The molecule has 0 saturated heterocycles. The zero-order valence-corrected chi connectivity index (χ0v) is 11.1. The molecule has 1 aliphatic rings. The predicted octanol–water partition coefficient (Wildman–Crippen LogP) is 3.27. The highest BCUT2D eigenvalue weighted by Gasteiger charge is 2.21. The molecule has 0 spiro atoms. The minimum Gasteiger partial charge on any atom is -0.338 e. The molecule has 0 fully saturated rings. The van der Waals surface area contributed by atoms with Gasteiger partial charge in [0.25, 0.3) is 0 Å². The van der Waals surface area contributed by atoms with Crippen molar-refractivity contribution in [3.8, 4) is 0 Å². The van der Waals surface area contributed by atoms with Crippen LogP contribution in [-0.2, 0) is 17.8 Å². The van der Waals surface area contributed by atoms with Crippen LogP contribution in [0.15, 0.2) is 18.2 Å². The number of amides is 1. The molecule has 1 aromatic rings. The van der Waals surface area contributed by atoms with Gasteiger partial charge in [-0.2, -0.15) is 0 Å². The Bertz CT molecular complexity index is 428. The predicted molar refractivity (Wildman–Crippen MR) is 70.0 cm³/mol. The van der Waals surface area contributed by atoms with Gasteiger partial charge in [0.2, 0.25) is 5.91 Å². The molecule has 1 heterocycles. The Labute approximate surface area is 108 Å². The Hall–Kier alpha value is -1.02. The summed E-state index contributed by atoms with van der Waals surface area (Å²) in [5.41, 5.74) is 2.52. The number of fused-ring (bicyclic) bond motifs is 1. The van der Waals surface area contributed by atoms with Crippen molar-refractivity contribution >= 4 is 17.5 Å². The maximum absolute atomic E-state index is 12.0. The largest absolute Gasteiger partial charge is 0.338 e. The minimum absolute atomic E-state index is 0.255. The van der Waals surface area contributed by atoms with Gasteiger partial charge in [0.1, 0.15) is 0 Å². The van der Waals surface area contributed by atoms with E-state index in [9.17, 15) is 4.79 Å². The molecule has 2 rings (SSSR count). The molecule has 0 radical (unpaired) electrons. The molecule has 1 amide bonds. The maximum atomic E-state index is 12.0. The second-order valence-corrected chi connectivity index (χ2v) is 5.51. The Morgan fingerprint density at radius 1 is 1.41 bits per heavy atom. The van der Waals surface area contributed by atoms with Crippen LogP contribution in [0, 0.1) is 5.92 Å². The van der Waals surface area contributed by atoms with Crippen LogP contribution in [0.1, 0.15) is 31.4 Å². The summed E-state index contributed by atoms with van der Waals surface area (Å²) in [6.45, 7) is 5.70. The fraction of sp³-hybridized carbons (Fsp3) is 0.500. The van der Waals surface area contributed by atoms with Crippen LogP contribution in [0.4, 0.5) is 0 Å². The van der Waals surface area contributed by atoms with Crippen molar-refractivity contribution < 1.29 is 4.79 Å². The van der Waals surface area contributed by atoms with E-state index in [1.807, 2.05) is 17.0 Å². The smallest absolute Gasteiger partial charge is 0.223 e. The van der Waals surface area contributed by atoms with Gasteiger partial charge in [0.15, 0.2) is 0 Å². The first-order valence-corrected chi connectivity index (χ1v) is 6.49. The second-order valence-electron chi connectivity index (χ2n) is 5.08. The van der Waals surface area contributed by atoms with Crippen LogP contribution in [0.5, 0.6) is 0 Å². The number of carbonyl (C=O) groups excluding carboxylic acids is 1. The first-order valence-electron chi connectivity index (χ1n) is 6.11. The van der Waals surface area contributed by atoms with Crippen molar-refractivity contribution in [3.05, 3.63) is 34.3 Å². The van der Waals surface area contributed by atoms with Gasteiger partial charge < -0.3 is 4.90 Å². The molecule has 0 N–H and O–H groups in total. The SMILES string of the molecule is CC(C)CC(=O)N1CCc2ccc(Cl)cc2C1. The topological polar surface area (TPSA) is 20.3 Å². The number of benzene rings is 1. The lowest BCUT2D eigenvalue weighted by Crippen LogP contribution is -2.36. The summed E-state index contributed by atoms with van der Waals surface area (Å²) < 4.78 is 0. The first-order chi connectivity index (χ1) is 8.06. The molecule has 0 unspecified atom stereocenters. The molecule has 0 saturated carbocycles. The Balaban J connectivity index is 2.10. The van der Waals surface area contributed by atoms with Crippen LogP contribution in [0.3, 0.4) is 0 Å². The van der Waals surface area contributed by atoms with Crippen molar-refractivity contribution in [2.75, 3.05) is 6.54 Å². The molecular weight excluding hydrogens is 234 g/mol. The highest BCUT2D eigenvalue weighted by atomic mass is 35.5. The fourth-order valence-electron chi connectivity index (χ4n) is 2.22. The first kappa shape index (κ1) is 12.4. The summed E-state index contributed by atoms with van der Waals surface area (Å²) in [7, 11) is 0. The minimum atomic E-state index is 0.255. The van der Waals surface area contributed by atoms with E-state index in [2.05, 4.69) is 19.9 Å². The molecular formula is C14H18ClNO. The van der Waals surface area contributed by atoms with E-state index in [4.69, 9.17) is 11.6 Å². The van der Waals surface area contributed by atoms with Crippen LogP contribution in [-0.4, -0.2) is 17.4 Å². The van der Waals surface area contributed by atoms with E-state index in [1.54, 1.807) is 0 Å². The van der Waals surface area contributed by atoms with E-state index in [1.165, 1.54) is 11.1 Å². The molecule has 3 heteroatoms. The molecule has 17 heavy (non-hydrogen) atoms. The number of nitrogens with zero attached hydrogens (tertiary/aromatic N) is 1. The van der Waals surface area contributed by atoms with Crippen molar-refractivity contribution in [1.29, 1.82) is 0 Å². The van der Waals surface area contributed by atoms with Gasteiger partial charge in [-0.1, -0.05) is 31.5 Å². The van der Waals surface area contributed by atoms with Crippen molar-refractivity contribution in [2.45, 2.75) is 33.2 Å². The summed E-state index contributed by atoms with van der Waals surface area (Å²) in [4.78, 5) is 13.9. The summed E-state index contributed by atoms with van der Waals surface area (Å²) >= 11 is 5.98. The second kappa shape index (κ2) is 5.09. The van der Waals surface area contributed by atoms with E-state index >= 15 is 0 Å². The normalized spacial score (nSPS) is 14.9. The molecule has 92 valence electrons. The number of hydrogen-bond acceptors (Lipinski definition) is 1. The van der Waals surface area contributed by atoms with Crippen molar-refractivity contribution in [3.63, 3.8) is 0 Å². The Morgan fingerprint density at radius 2 is 2.18 bits per heavy atom.